The van der Waals surface area contributed by atoms with Crippen molar-refractivity contribution in [3.05, 3.63) is 53.3 Å². The first-order valence-electron chi connectivity index (χ1n) is 8.94. The Kier molecular flexibility index (Phi) is 5.92. The van der Waals surface area contributed by atoms with Gasteiger partial charge in [-0.25, -0.2) is 17.9 Å². The summed E-state index contributed by atoms with van der Waals surface area (Å²) >= 11 is 0. The Labute approximate surface area is 171 Å². The maximum atomic E-state index is 14.3. The van der Waals surface area contributed by atoms with Crippen molar-refractivity contribution in [2.24, 2.45) is 5.14 Å². The summed E-state index contributed by atoms with van der Waals surface area (Å²) in [5, 5.41) is 16.6. The Balaban J connectivity index is 1.85. The maximum absolute atomic E-state index is 14.3. The van der Waals surface area contributed by atoms with E-state index in [0.29, 0.717) is 25.5 Å². The van der Waals surface area contributed by atoms with Crippen LogP contribution in [0.25, 0.3) is 0 Å². The van der Waals surface area contributed by atoms with Crippen molar-refractivity contribution < 1.29 is 26.0 Å². The maximum Gasteiger partial charge on any atom is 0.418 e. The Morgan fingerprint density at radius 3 is 2.53 bits per heavy atom. The Morgan fingerprint density at radius 1 is 1.20 bits per heavy atom. The highest BCUT2D eigenvalue weighted by Crippen LogP contribution is 2.37. The van der Waals surface area contributed by atoms with Gasteiger partial charge in [0.1, 0.15) is 5.82 Å². The molecule has 11 heteroatoms. The first-order valence-corrected chi connectivity index (χ1v) is 10.5. The number of nitrogens with two attached hydrogens (primary N) is 1. The fourth-order valence-corrected chi connectivity index (χ4v) is 3.97. The monoisotopic (exact) mass is 442 g/mol. The van der Waals surface area contributed by atoms with Crippen molar-refractivity contribution in [2.45, 2.75) is 30.0 Å². The van der Waals surface area contributed by atoms with Crippen molar-refractivity contribution in [3.63, 3.8) is 0 Å². The van der Waals surface area contributed by atoms with Crippen molar-refractivity contribution in [3.8, 4) is 6.07 Å². The molecule has 0 radical (unpaired) electrons. The summed E-state index contributed by atoms with van der Waals surface area (Å²) in [5.41, 5.74) is -0.980. The summed E-state index contributed by atoms with van der Waals surface area (Å²) in [6, 6.07) is 8.01. The molecule has 0 bridgehead atoms. The molecule has 2 aromatic rings. The van der Waals surface area contributed by atoms with E-state index in [1.807, 2.05) is 6.07 Å². The average molecular weight is 442 g/mol. The lowest BCUT2D eigenvalue weighted by Gasteiger charge is -2.35. The second-order valence-electron chi connectivity index (χ2n) is 6.96. The number of nitrogens with zero attached hydrogens (tertiary/aromatic N) is 2. The molecule has 6 nitrogen and oxygen atoms in total. The van der Waals surface area contributed by atoms with Crippen LogP contribution < -0.4 is 15.4 Å². The van der Waals surface area contributed by atoms with Crippen molar-refractivity contribution in [1.29, 1.82) is 5.26 Å². The third kappa shape index (κ3) is 4.83. The third-order valence-corrected chi connectivity index (χ3v) is 5.73. The highest BCUT2D eigenvalue weighted by atomic mass is 32.2. The number of hydrogen-bond acceptors (Lipinski definition) is 5. The van der Waals surface area contributed by atoms with E-state index in [-0.39, 0.29) is 23.5 Å². The molecule has 3 rings (SSSR count). The first kappa shape index (κ1) is 21.9. The zero-order valence-corrected chi connectivity index (χ0v) is 16.4. The summed E-state index contributed by atoms with van der Waals surface area (Å²) < 4.78 is 77.6. The molecule has 160 valence electrons. The summed E-state index contributed by atoms with van der Waals surface area (Å²) in [5.74, 6) is -0.580. The minimum absolute atomic E-state index is 0.174. The zero-order valence-electron chi connectivity index (χ0n) is 15.6. The van der Waals surface area contributed by atoms with Gasteiger partial charge >= 0.3 is 6.18 Å². The number of anilines is 2. The predicted octanol–water partition coefficient (Wildman–Crippen LogP) is 3.44. The van der Waals surface area contributed by atoms with E-state index in [1.54, 1.807) is 4.90 Å². The number of benzene rings is 2. The summed E-state index contributed by atoms with van der Waals surface area (Å²) in [6.07, 6.45) is -3.65. The molecule has 30 heavy (non-hydrogen) atoms. The molecule has 2 aromatic carbocycles. The first-order chi connectivity index (χ1) is 14.0. The largest absolute Gasteiger partial charge is 0.418 e. The van der Waals surface area contributed by atoms with Gasteiger partial charge in [-0.2, -0.15) is 18.4 Å². The quantitative estimate of drug-likeness (QED) is 0.707. The lowest BCUT2D eigenvalue weighted by atomic mass is 10.0. The van der Waals surface area contributed by atoms with Crippen LogP contribution in [0.1, 0.15) is 24.0 Å². The minimum Gasteiger partial charge on any atom is -0.380 e. The highest BCUT2D eigenvalue weighted by Gasteiger charge is 2.35. The summed E-state index contributed by atoms with van der Waals surface area (Å²) in [6.45, 7) is 0.745. The van der Waals surface area contributed by atoms with Gasteiger partial charge in [-0.15, -0.1) is 0 Å². The molecule has 1 heterocycles. The molecule has 0 saturated carbocycles. The molecule has 1 fully saturated rings. The van der Waals surface area contributed by atoms with Gasteiger partial charge < -0.3 is 10.2 Å². The van der Waals surface area contributed by atoms with Crippen LogP contribution in [0, 0.1) is 17.1 Å². The molecule has 3 N–H and O–H groups in total. The molecule has 0 aliphatic carbocycles. The van der Waals surface area contributed by atoms with Crippen LogP contribution in [-0.4, -0.2) is 27.5 Å². The molecule has 1 aliphatic heterocycles. The summed E-state index contributed by atoms with van der Waals surface area (Å²) in [7, 11) is -4.29. The van der Waals surface area contributed by atoms with Gasteiger partial charge in [-0.05, 0) is 49.2 Å². The topological polar surface area (TPSA) is 99.2 Å². The molecule has 1 aliphatic rings. The smallest absolute Gasteiger partial charge is 0.380 e. The van der Waals surface area contributed by atoms with Crippen molar-refractivity contribution in [2.75, 3.05) is 23.3 Å². The lowest BCUT2D eigenvalue weighted by Crippen LogP contribution is -2.42. The van der Waals surface area contributed by atoms with Gasteiger partial charge in [0.15, 0.2) is 0 Å². The zero-order chi connectivity index (χ0) is 22.1. The number of nitriles is 1. The molecule has 1 saturated heterocycles. The molecule has 0 spiro atoms. The number of halogens is 4. The number of rotatable bonds is 4. The average Bonchev–Trinajstić information content (AvgIpc) is 2.66. The number of hydrogen-bond donors (Lipinski definition) is 2. The van der Waals surface area contributed by atoms with Gasteiger partial charge in [-0.1, -0.05) is 0 Å². The Hall–Kier alpha value is -2.84. The van der Waals surface area contributed by atoms with Crippen LogP contribution in [-0.2, 0) is 16.2 Å². The number of sulfonamides is 1. The summed E-state index contributed by atoms with van der Waals surface area (Å²) in [4.78, 5) is 1.06. The second-order valence-corrected chi connectivity index (χ2v) is 8.52. The fourth-order valence-electron chi connectivity index (χ4n) is 3.43. The van der Waals surface area contributed by atoms with Crippen LogP contribution in [0.2, 0.25) is 0 Å². The molecular weight excluding hydrogens is 424 g/mol. The molecule has 0 aromatic heterocycles. The molecule has 1 atom stereocenters. The third-order valence-electron chi connectivity index (χ3n) is 4.82. The van der Waals surface area contributed by atoms with E-state index >= 15 is 0 Å². The van der Waals surface area contributed by atoms with E-state index in [0.717, 1.165) is 18.2 Å². The van der Waals surface area contributed by atoms with Gasteiger partial charge in [-0.3, -0.25) is 0 Å². The van der Waals surface area contributed by atoms with Gasteiger partial charge in [0, 0.05) is 24.8 Å². The van der Waals surface area contributed by atoms with Crippen LogP contribution in [0.15, 0.2) is 41.3 Å². The predicted molar refractivity (Wildman–Crippen MR) is 103 cm³/mol. The van der Waals surface area contributed by atoms with Crippen LogP contribution >= 0.6 is 0 Å². The number of piperidine rings is 1. The van der Waals surface area contributed by atoms with E-state index in [2.05, 4.69) is 5.32 Å². The Bertz CT molecular complexity index is 1100. The van der Waals surface area contributed by atoms with Gasteiger partial charge in [0.05, 0.1) is 27.8 Å². The van der Waals surface area contributed by atoms with E-state index < -0.39 is 38.5 Å². The SMILES string of the molecule is N#Cc1ccc(N2CCCC(Nc3ccc(S(N)(=O)=O)cc3C(F)(F)F)C2)c(F)c1. The van der Waals surface area contributed by atoms with E-state index in [9.17, 15) is 26.0 Å². The highest BCUT2D eigenvalue weighted by molar-refractivity contribution is 7.89. The number of primary sulfonamides is 1. The molecule has 1 unspecified atom stereocenters. The van der Waals surface area contributed by atoms with Crippen LogP contribution in [0.5, 0.6) is 0 Å². The van der Waals surface area contributed by atoms with Crippen molar-refractivity contribution in [1.82, 2.24) is 0 Å². The van der Waals surface area contributed by atoms with Crippen LogP contribution in [0.4, 0.5) is 28.9 Å². The second kappa shape index (κ2) is 8.12. The standard InChI is InChI=1S/C19H18F4N4O2S/c20-16-8-12(10-24)3-6-18(16)27-7-1-2-13(11-27)26-17-5-4-14(30(25,28)29)9-15(17)19(21,22)23/h3-6,8-9,13,26H,1-2,7,11H2,(H2,25,28,29). The lowest BCUT2D eigenvalue weighted by molar-refractivity contribution is -0.137. The number of alkyl halides is 3. The van der Waals surface area contributed by atoms with E-state index in [1.165, 1.54) is 12.1 Å². The fraction of sp³-hybridized carbons (Fsp3) is 0.316. The molecular formula is C19H18F4N4O2S. The van der Waals surface area contributed by atoms with Crippen molar-refractivity contribution >= 4 is 21.4 Å². The minimum atomic E-state index is -4.80. The number of nitrogens with one attached hydrogen (secondary N) is 1. The Morgan fingerprint density at radius 2 is 1.93 bits per heavy atom. The van der Waals surface area contributed by atoms with Crippen LogP contribution in [0.3, 0.4) is 0 Å². The van der Waals surface area contributed by atoms with Gasteiger partial charge in [0.25, 0.3) is 0 Å². The van der Waals surface area contributed by atoms with E-state index in [4.69, 9.17) is 10.4 Å². The molecule has 0 amide bonds. The van der Waals surface area contributed by atoms with Gasteiger partial charge in [0.2, 0.25) is 10.0 Å². The normalized spacial score (nSPS) is 17.5.